The van der Waals surface area contributed by atoms with E-state index in [0.717, 1.165) is 5.56 Å². The highest BCUT2D eigenvalue weighted by atomic mass is 32.2. The number of fused-ring (bicyclic) bond motifs is 2. The number of benzene rings is 3. The third-order valence-electron chi connectivity index (χ3n) is 6.40. The molecule has 182 valence electrons. The maximum Gasteiger partial charge on any atom is 0.262 e. The number of thioether (sulfide) groups is 1. The lowest BCUT2D eigenvalue weighted by Gasteiger charge is -2.28. The molecule has 0 unspecified atom stereocenters. The molecule has 1 aliphatic rings. The first-order valence-corrected chi connectivity index (χ1v) is 12.8. The molecule has 0 fully saturated rings. The maximum absolute atomic E-state index is 13.6. The minimum Gasteiger partial charge on any atom is -0.324 e. The number of anilines is 2. The third kappa shape index (κ3) is 4.52. The Morgan fingerprint density at radius 1 is 1.03 bits per heavy atom. The van der Waals surface area contributed by atoms with Gasteiger partial charge in [0.05, 0.1) is 34.1 Å². The Morgan fingerprint density at radius 2 is 1.72 bits per heavy atom. The minimum atomic E-state index is -0.309. The lowest BCUT2D eigenvalue weighted by molar-refractivity contribution is -0.117. The van der Waals surface area contributed by atoms with Crippen LogP contribution >= 0.6 is 11.8 Å². The lowest BCUT2D eigenvalue weighted by Crippen LogP contribution is -2.40. The van der Waals surface area contributed by atoms with E-state index >= 15 is 0 Å². The lowest BCUT2D eigenvalue weighted by atomic mass is 10.1. The van der Waals surface area contributed by atoms with Crippen molar-refractivity contribution in [2.75, 3.05) is 16.0 Å². The van der Waals surface area contributed by atoms with Crippen molar-refractivity contribution < 1.29 is 9.59 Å². The molecule has 0 bridgehead atoms. The Morgan fingerprint density at radius 3 is 2.53 bits per heavy atom. The van der Waals surface area contributed by atoms with Gasteiger partial charge >= 0.3 is 0 Å². The minimum absolute atomic E-state index is 0.0686. The largest absolute Gasteiger partial charge is 0.324 e. The summed E-state index contributed by atoms with van der Waals surface area (Å²) in [5.74, 6) is -0.212. The Hall–Kier alpha value is -3.91. The zero-order valence-corrected chi connectivity index (χ0v) is 20.9. The summed E-state index contributed by atoms with van der Waals surface area (Å²) in [5, 5.41) is 3.90. The highest BCUT2D eigenvalue weighted by Gasteiger charge is 2.30. The normalized spacial score (nSPS) is 16.2. The SMILES string of the molecule is C[C@@H]1CC(=O)Nc2ccccc2N1C(=O)CSc1nc2ccccc2c(=O)n1[C@H](C)c1ccccc1. The molecule has 1 N–H and O–H groups in total. The Labute approximate surface area is 213 Å². The molecule has 3 aromatic carbocycles. The standard InChI is InChI=1S/C28H26N4O3S/c1-18-16-25(33)29-23-14-8-9-15-24(23)31(18)26(34)17-36-28-30-22-13-7-6-12-21(22)27(35)32(28)19(2)20-10-4-3-5-11-20/h3-15,18-19H,16-17H2,1-2H3,(H,29,33)/t18-,19-/m1/s1. The van der Waals surface area contributed by atoms with Crippen LogP contribution in [-0.2, 0) is 9.59 Å². The van der Waals surface area contributed by atoms with Gasteiger partial charge in [0.15, 0.2) is 5.16 Å². The summed E-state index contributed by atoms with van der Waals surface area (Å²) in [6.07, 6.45) is 0.203. The van der Waals surface area contributed by atoms with Gasteiger partial charge in [-0.25, -0.2) is 4.98 Å². The van der Waals surface area contributed by atoms with Crippen LogP contribution in [0.15, 0.2) is 88.8 Å². The Bertz CT molecular complexity index is 1500. The fourth-order valence-corrected chi connectivity index (χ4v) is 5.55. The first-order chi connectivity index (χ1) is 17.4. The Balaban J connectivity index is 1.51. The van der Waals surface area contributed by atoms with Gasteiger partial charge in [0, 0.05) is 12.5 Å². The molecular formula is C28H26N4O3S. The quantitative estimate of drug-likeness (QED) is 0.314. The molecule has 1 aliphatic heterocycles. The van der Waals surface area contributed by atoms with E-state index in [4.69, 9.17) is 4.98 Å². The monoisotopic (exact) mass is 498 g/mol. The predicted molar refractivity (Wildman–Crippen MR) is 144 cm³/mol. The first kappa shape index (κ1) is 23.8. The molecule has 2 atom stereocenters. The molecule has 5 rings (SSSR count). The van der Waals surface area contributed by atoms with Gasteiger partial charge in [-0.3, -0.25) is 19.0 Å². The molecule has 0 saturated heterocycles. The van der Waals surface area contributed by atoms with Crippen molar-refractivity contribution in [2.45, 2.75) is 37.5 Å². The average molecular weight is 499 g/mol. The van der Waals surface area contributed by atoms with Crippen molar-refractivity contribution in [2.24, 2.45) is 0 Å². The molecule has 0 saturated carbocycles. The molecular weight excluding hydrogens is 472 g/mol. The van der Waals surface area contributed by atoms with Crippen molar-refractivity contribution in [1.29, 1.82) is 0 Å². The number of para-hydroxylation sites is 3. The van der Waals surface area contributed by atoms with E-state index in [-0.39, 0.29) is 41.6 Å². The highest BCUT2D eigenvalue weighted by Crippen LogP contribution is 2.32. The topological polar surface area (TPSA) is 84.3 Å². The number of carbonyl (C=O) groups is 2. The smallest absolute Gasteiger partial charge is 0.262 e. The van der Waals surface area contributed by atoms with Crippen LogP contribution in [0.5, 0.6) is 0 Å². The van der Waals surface area contributed by atoms with E-state index in [0.29, 0.717) is 27.4 Å². The number of hydrogen-bond donors (Lipinski definition) is 1. The van der Waals surface area contributed by atoms with Crippen LogP contribution in [0.1, 0.15) is 31.9 Å². The van der Waals surface area contributed by atoms with Crippen LogP contribution in [0.2, 0.25) is 0 Å². The van der Waals surface area contributed by atoms with Gasteiger partial charge in [0.25, 0.3) is 5.56 Å². The first-order valence-electron chi connectivity index (χ1n) is 11.8. The molecule has 4 aromatic rings. The van der Waals surface area contributed by atoms with Gasteiger partial charge < -0.3 is 10.2 Å². The van der Waals surface area contributed by atoms with Crippen molar-refractivity contribution >= 4 is 45.9 Å². The number of hydrogen-bond acceptors (Lipinski definition) is 5. The van der Waals surface area contributed by atoms with Crippen molar-refractivity contribution in [3.63, 3.8) is 0 Å². The number of nitrogens with zero attached hydrogens (tertiary/aromatic N) is 3. The second-order valence-electron chi connectivity index (χ2n) is 8.84. The van der Waals surface area contributed by atoms with Gasteiger partial charge in [-0.15, -0.1) is 0 Å². The van der Waals surface area contributed by atoms with Crippen LogP contribution in [-0.4, -0.2) is 33.2 Å². The number of nitrogens with one attached hydrogen (secondary N) is 1. The summed E-state index contributed by atoms with van der Waals surface area (Å²) in [6.45, 7) is 3.83. The number of amides is 2. The molecule has 7 nitrogen and oxygen atoms in total. The second-order valence-corrected chi connectivity index (χ2v) is 9.79. The van der Waals surface area contributed by atoms with E-state index in [1.165, 1.54) is 11.8 Å². The summed E-state index contributed by atoms with van der Waals surface area (Å²) in [5.41, 5.74) is 2.71. The summed E-state index contributed by atoms with van der Waals surface area (Å²) < 4.78 is 1.67. The van der Waals surface area contributed by atoms with Crippen LogP contribution in [0, 0.1) is 0 Å². The van der Waals surface area contributed by atoms with Crippen LogP contribution in [0.4, 0.5) is 11.4 Å². The zero-order valence-electron chi connectivity index (χ0n) is 20.0. The molecule has 36 heavy (non-hydrogen) atoms. The molecule has 1 aromatic heterocycles. The van der Waals surface area contributed by atoms with Gasteiger partial charge in [0.2, 0.25) is 11.8 Å². The van der Waals surface area contributed by atoms with Crippen LogP contribution in [0.25, 0.3) is 10.9 Å². The fourth-order valence-electron chi connectivity index (χ4n) is 4.61. The molecule has 2 heterocycles. The number of aromatic nitrogens is 2. The third-order valence-corrected chi connectivity index (χ3v) is 7.33. The molecule has 0 aliphatic carbocycles. The molecule has 0 radical (unpaired) electrons. The summed E-state index contributed by atoms with van der Waals surface area (Å²) >= 11 is 1.24. The van der Waals surface area contributed by atoms with E-state index in [2.05, 4.69) is 5.32 Å². The fraction of sp³-hybridized carbons (Fsp3) is 0.214. The van der Waals surface area contributed by atoms with E-state index in [9.17, 15) is 14.4 Å². The van der Waals surface area contributed by atoms with Crippen molar-refractivity contribution in [3.8, 4) is 0 Å². The van der Waals surface area contributed by atoms with Crippen LogP contribution < -0.4 is 15.8 Å². The van der Waals surface area contributed by atoms with Gasteiger partial charge in [-0.05, 0) is 43.7 Å². The maximum atomic E-state index is 13.6. The summed E-state index contributed by atoms with van der Waals surface area (Å²) in [4.78, 5) is 45.9. The summed E-state index contributed by atoms with van der Waals surface area (Å²) in [7, 11) is 0. The van der Waals surface area contributed by atoms with E-state index in [1.54, 1.807) is 21.6 Å². The van der Waals surface area contributed by atoms with Gasteiger partial charge in [0.1, 0.15) is 0 Å². The molecule has 0 spiro atoms. The summed E-state index contributed by atoms with van der Waals surface area (Å²) in [6, 6.07) is 23.8. The van der Waals surface area contributed by atoms with Crippen LogP contribution in [0.3, 0.4) is 0 Å². The number of rotatable bonds is 5. The predicted octanol–water partition coefficient (Wildman–Crippen LogP) is 4.86. The van der Waals surface area contributed by atoms with E-state index in [1.807, 2.05) is 80.6 Å². The van der Waals surface area contributed by atoms with Crippen molar-refractivity contribution in [3.05, 3.63) is 94.8 Å². The van der Waals surface area contributed by atoms with Gasteiger partial charge in [-0.1, -0.05) is 66.4 Å². The second kappa shape index (κ2) is 9.99. The van der Waals surface area contributed by atoms with Crippen molar-refractivity contribution in [1.82, 2.24) is 9.55 Å². The molecule has 2 amide bonds. The average Bonchev–Trinajstić information content (AvgIpc) is 3.01. The van der Waals surface area contributed by atoms with Gasteiger partial charge in [-0.2, -0.15) is 0 Å². The molecule has 8 heteroatoms. The zero-order chi connectivity index (χ0) is 25.2. The number of carbonyl (C=O) groups excluding carboxylic acids is 2. The van der Waals surface area contributed by atoms with E-state index < -0.39 is 0 Å². The highest BCUT2D eigenvalue weighted by molar-refractivity contribution is 7.99. The Kier molecular flexibility index (Phi) is 6.61.